The van der Waals surface area contributed by atoms with Gasteiger partial charge in [0.25, 0.3) is 0 Å². The first-order valence-corrected chi connectivity index (χ1v) is 14.5. The highest BCUT2D eigenvalue weighted by Crippen LogP contribution is 2.76. The summed E-state index contributed by atoms with van der Waals surface area (Å²) in [5.74, 6) is 0.468. The molecule has 5 aliphatic carbocycles. The van der Waals surface area contributed by atoms with E-state index in [9.17, 15) is 20.1 Å². The van der Waals surface area contributed by atoms with Crippen LogP contribution in [0.25, 0.3) is 0 Å². The van der Waals surface area contributed by atoms with E-state index in [0.717, 1.165) is 57.8 Å². The van der Waals surface area contributed by atoms with E-state index in [1.807, 2.05) is 6.92 Å². The second-order valence-electron chi connectivity index (χ2n) is 14.8. The van der Waals surface area contributed by atoms with E-state index < -0.39 is 22.5 Å². The van der Waals surface area contributed by atoms with Gasteiger partial charge in [-0.1, -0.05) is 46.3 Å². The van der Waals surface area contributed by atoms with Crippen molar-refractivity contribution in [2.75, 3.05) is 13.7 Å². The number of hydrogen-bond acceptors (Lipinski definition) is 5. The van der Waals surface area contributed by atoms with Gasteiger partial charge in [-0.3, -0.25) is 4.79 Å². The van der Waals surface area contributed by atoms with Crippen molar-refractivity contribution in [2.45, 2.75) is 111 Å². The average molecular weight is 503 g/mol. The molecule has 5 heteroatoms. The van der Waals surface area contributed by atoms with Crippen molar-refractivity contribution in [1.29, 1.82) is 0 Å². The summed E-state index contributed by atoms with van der Waals surface area (Å²) in [6, 6.07) is 0. The third kappa shape index (κ3) is 2.97. The monoisotopic (exact) mass is 502 g/mol. The summed E-state index contributed by atoms with van der Waals surface area (Å²) in [6.45, 7) is 13.6. The first kappa shape index (κ1) is 26.7. The molecule has 0 amide bonds. The van der Waals surface area contributed by atoms with Crippen LogP contribution in [0.5, 0.6) is 0 Å². The number of rotatable bonds is 2. The van der Waals surface area contributed by atoms with Crippen LogP contribution in [0, 0.1) is 50.7 Å². The lowest BCUT2D eigenvalue weighted by Gasteiger charge is -2.72. The molecule has 0 heterocycles. The predicted octanol–water partition coefficient (Wildman–Crippen LogP) is 5.27. The number of ether oxygens (including phenoxy) is 1. The molecule has 204 valence electrons. The number of methoxy groups -OCH3 is 1. The fourth-order valence-corrected chi connectivity index (χ4v) is 11.1. The molecule has 0 unspecified atom stereocenters. The van der Waals surface area contributed by atoms with Gasteiger partial charge >= 0.3 is 5.97 Å². The first-order chi connectivity index (χ1) is 16.7. The van der Waals surface area contributed by atoms with Crippen LogP contribution in [0.4, 0.5) is 0 Å². The van der Waals surface area contributed by atoms with E-state index in [2.05, 4.69) is 40.7 Å². The molecule has 0 aromatic carbocycles. The quantitative estimate of drug-likeness (QED) is 0.354. The van der Waals surface area contributed by atoms with E-state index in [4.69, 9.17) is 4.74 Å². The summed E-state index contributed by atoms with van der Waals surface area (Å²) in [4.78, 5) is 13.4. The Morgan fingerprint density at radius 2 is 1.69 bits per heavy atom. The van der Waals surface area contributed by atoms with Crippen LogP contribution >= 0.6 is 0 Å². The molecule has 0 saturated heterocycles. The molecule has 4 fully saturated rings. The van der Waals surface area contributed by atoms with Gasteiger partial charge in [-0.25, -0.2) is 0 Å². The number of aliphatic hydroxyl groups is 3. The summed E-state index contributed by atoms with van der Waals surface area (Å²) >= 11 is 0. The molecule has 5 rings (SSSR count). The van der Waals surface area contributed by atoms with E-state index in [-0.39, 0.29) is 46.6 Å². The minimum Gasteiger partial charge on any atom is -0.469 e. The molecule has 0 radical (unpaired) electrons. The molecule has 0 aliphatic heterocycles. The van der Waals surface area contributed by atoms with Crippen LogP contribution in [0.15, 0.2) is 11.6 Å². The molecule has 4 saturated carbocycles. The number of aliphatic hydroxyl groups excluding tert-OH is 2. The molecule has 0 aromatic heterocycles. The van der Waals surface area contributed by atoms with Gasteiger partial charge in [0.15, 0.2) is 0 Å². The van der Waals surface area contributed by atoms with Crippen molar-refractivity contribution >= 4 is 5.97 Å². The van der Waals surface area contributed by atoms with Crippen LogP contribution in [0.2, 0.25) is 0 Å². The highest BCUT2D eigenvalue weighted by Gasteiger charge is 2.71. The van der Waals surface area contributed by atoms with Crippen LogP contribution < -0.4 is 0 Å². The van der Waals surface area contributed by atoms with Crippen molar-refractivity contribution in [3.05, 3.63) is 11.6 Å². The average Bonchev–Trinajstić information content (AvgIpc) is 2.84. The number of fused-ring (bicyclic) bond motifs is 7. The van der Waals surface area contributed by atoms with E-state index in [0.29, 0.717) is 5.92 Å². The standard InChI is InChI=1S/C31H50O5/c1-19-10-15-31(25(34)36-7)17-16-28(4)20(24(31)30(19,6)35)8-9-22-26(2)13-12-23(33)27(3,18-32)21(26)11-14-29(22,28)5/h8,19,21-24,32-33,35H,9-18H2,1-7H3/t19-,21-,22-,23+,24-,26+,27+,28-,29-,30-,31+/m1/s1. The van der Waals surface area contributed by atoms with Crippen molar-refractivity contribution in [3.8, 4) is 0 Å². The highest BCUT2D eigenvalue weighted by molar-refractivity contribution is 5.79. The second-order valence-corrected chi connectivity index (χ2v) is 14.8. The predicted molar refractivity (Wildman–Crippen MR) is 140 cm³/mol. The fourth-order valence-electron chi connectivity index (χ4n) is 11.1. The Morgan fingerprint density at radius 3 is 2.33 bits per heavy atom. The second kappa shape index (κ2) is 8.05. The Kier molecular flexibility index (Phi) is 5.97. The van der Waals surface area contributed by atoms with E-state index in [1.165, 1.54) is 12.7 Å². The summed E-state index contributed by atoms with van der Waals surface area (Å²) in [5.41, 5.74) is -0.821. The van der Waals surface area contributed by atoms with Crippen LogP contribution in [0.3, 0.4) is 0 Å². The Bertz CT molecular complexity index is 957. The van der Waals surface area contributed by atoms with Gasteiger partial charge in [0.2, 0.25) is 0 Å². The summed E-state index contributed by atoms with van der Waals surface area (Å²) in [6.07, 6.45) is 9.99. The number of allylic oxidation sites excluding steroid dienone is 1. The topological polar surface area (TPSA) is 87.0 Å². The number of esters is 1. The number of carbonyl (C=O) groups excluding carboxylic acids is 1. The van der Waals surface area contributed by atoms with Gasteiger partial charge in [0.05, 0.1) is 30.8 Å². The van der Waals surface area contributed by atoms with Gasteiger partial charge in [0.1, 0.15) is 0 Å². The molecule has 0 bridgehead atoms. The van der Waals surface area contributed by atoms with E-state index >= 15 is 0 Å². The SMILES string of the molecule is COC(=O)[C@]12CC[C@@H](C)[C@@](C)(O)[C@H]1C1=CC[C@@H]3[C@@]4(C)CC[C@H](O)[C@@](C)(CO)[C@@H]4CC[C@@]3(C)[C@]1(C)CC2. The maximum absolute atomic E-state index is 13.4. The van der Waals surface area contributed by atoms with Crippen molar-refractivity contribution in [1.82, 2.24) is 0 Å². The number of carbonyl (C=O) groups is 1. The lowest BCUT2D eigenvalue weighted by molar-refractivity contribution is -0.225. The fraction of sp³-hybridized carbons (Fsp3) is 0.903. The lowest BCUT2D eigenvalue weighted by atomic mass is 9.33. The largest absolute Gasteiger partial charge is 0.469 e. The zero-order valence-corrected chi connectivity index (χ0v) is 23.7. The molecule has 11 atom stereocenters. The third-order valence-electron chi connectivity index (χ3n) is 13.8. The zero-order chi connectivity index (χ0) is 26.5. The van der Waals surface area contributed by atoms with E-state index in [1.54, 1.807) is 0 Å². The van der Waals surface area contributed by atoms with Gasteiger partial charge in [0, 0.05) is 11.3 Å². The zero-order valence-electron chi connectivity index (χ0n) is 23.7. The van der Waals surface area contributed by atoms with Crippen LogP contribution in [-0.2, 0) is 9.53 Å². The van der Waals surface area contributed by atoms with Gasteiger partial charge in [-0.15, -0.1) is 0 Å². The smallest absolute Gasteiger partial charge is 0.312 e. The van der Waals surface area contributed by atoms with Crippen molar-refractivity contribution < 1.29 is 24.9 Å². The molecule has 0 aromatic rings. The molecular weight excluding hydrogens is 452 g/mol. The number of hydrogen-bond donors (Lipinski definition) is 3. The maximum Gasteiger partial charge on any atom is 0.312 e. The van der Waals surface area contributed by atoms with Gasteiger partial charge in [-0.2, -0.15) is 0 Å². The summed E-state index contributed by atoms with van der Waals surface area (Å²) < 4.78 is 5.43. The summed E-state index contributed by atoms with van der Waals surface area (Å²) in [7, 11) is 1.50. The molecule has 5 nitrogen and oxygen atoms in total. The highest BCUT2D eigenvalue weighted by atomic mass is 16.5. The normalized spacial score (nSPS) is 56.4. The molecular formula is C31H50O5. The van der Waals surface area contributed by atoms with Crippen LogP contribution in [-0.4, -0.2) is 46.7 Å². The van der Waals surface area contributed by atoms with Crippen LogP contribution in [0.1, 0.15) is 99.3 Å². The Hall–Kier alpha value is -0.910. The van der Waals surface area contributed by atoms with Gasteiger partial charge < -0.3 is 20.1 Å². The van der Waals surface area contributed by atoms with Crippen molar-refractivity contribution in [3.63, 3.8) is 0 Å². The lowest BCUT2D eigenvalue weighted by Crippen LogP contribution is -2.68. The Labute approximate surface area is 218 Å². The Balaban J connectivity index is 1.64. The Morgan fingerprint density at radius 1 is 1.00 bits per heavy atom. The van der Waals surface area contributed by atoms with Gasteiger partial charge in [-0.05, 0) is 98.7 Å². The first-order valence-electron chi connectivity index (χ1n) is 14.5. The third-order valence-corrected chi connectivity index (χ3v) is 13.8. The molecule has 5 aliphatic rings. The molecule has 0 spiro atoms. The summed E-state index contributed by atoms with van der Waals surface area (Å²) in [5, 5.41) is 33.4. The maximum atomic E-state index is 13.4. The molecule has 3 N–H and O–H groups in total. The minimum atomic E-state index is -0.964. The molecule has 36 heavy (non-hydrogen) atoms. The van der Waals surface area contributed by atoms with Crippen molar-refractivity contribution in [2.24, 2.45) is 50.7 Å². The minimum absolute atomic E-state index is 0.0278.